The maximum absolute atomic E-state index is 14.7. The first-order valence-electron chi connectivity index (χ1n) is 23.1. The number of benzene rings is 1. The van der Waals surface area contributed by atoms with Crippen LogP contribution < -0.4 is 10.7 Å². The van der Waals surface area contributed by atoms with Gasteiger partial charge in [-0.1, -0.05) is 46.4 Å². The van der Waals surface area contributed by atoms with Crippen LogP contribution in [0.1, 0.15) is 70.8 Å². The first-order chi connectivity index (χ1) is 31.6. The molecule has 3 aromatic heterocycles. The van der Waals surface area contributed by atoms with Gasteiger partial charge in [0.25, 0.3) is 5.91 Å². The van der Waals surface area contributed by atoms with Crippen LogP contribution in [-0.2, 0) is 54.6 Å². The van der Waals surface area contributed by atoms with E-state index >= 15 is 0 Å². The number of ether oxygens (including phenoxy) is 2. The number of carbonyl (C=O) groups is 5. The number of aromatic nitrogens is 3. The molecule has 1 aromatic carbocycles. The molecule has 4 aliphatic rings. The Morgan fingerprint density at radius 2 is 1.89 bits per heavy atom. The van der Waals surface area contributed by atoms with E-state index in [9.17, 15) is 24.0 Å². The molecule has 1 unspecified atom stereocenters. The summed E-state index contributed by atoms with van der Waals surface area (Å²) in [5.74, 6) is -1.89. The minimum absolute atomic E-state index is 0.0396. The minimum atomic E-state index is -1.11. The lowest BCUT2D eigenvalue weighted by atomic mass is 9.77. The van der Waals surface area contributed by atoms with Gasteiger partial charge in [-0.2, -0.15) is 0 Å². The second kappa shape index (κ2) is 18.6. The Balaban J connectivity index is 1.15. The maximum atomic E-state index is 14.7. The zero-order valence-electron chi connectivity index (χ0n) is 39.3. The molecule has 350 valence electrons. The zero-order valence-corrected chi connectivity index (χ0v) is 39.3. The van der Waals surface area contributed by atoms with Crippen LogP contribution in [0.3, 0.4) is 0 Å². The third-order valence-corrected chi connectivity index (χ3v) is 13.7. The largest absolute Gasteiger partial charge is 0.464 e. The van der Waals surface area contributed by atoms with Crippen molar-refractivity contribution >= 4 is 40.6 Å². The van der Waals surface area contributed by atoms with E-state index in [1.807, 2.05) is 38.1 Å². The summed E-state index contributed by atoms with van der Waals surface area (Å²) in [6.07, 6.45) is 5.42. The number of likely N-dealkylation sites (tertiary alicyclic amines) is 2. The van der Waals surface area contributed by atoms with Gasteiger partial charge in [-0.25, -0.2) is 10.2 Å². The molecule has 4 aliphatic heterocycles. The number of nitrogens with zero attached hydrogens (tertiary/aromatic N) is 7. The zero-order chi connectivity index (χ0) is 47.1. The van der Waals surface area contributed by atoms with E-state index in [4.69, 9.17) is 19.4 Å². The van der Waals surface area contributed by atoms with Crippen LogP contribution in [0.15, 0.2) is 67.4 Å². The molecular weight excluding hydrogens is 839 g/mol. The van der Waals surface area contributed by atoms with E-state index in [1.54, 1.807) is 30.2 Å². The number of aryl methyl sites for hydroxylation is 1. The second-order valence-electron chi connectivity index (χ2n) is 19.4. The molecule has 16 nitrogen and oxygen atoms in total. The van der Waals surface area contributed by atoms with Crippen LogP contribution in [0.4, 0.5) is 4.79 Å². The molecule has 1 spiro atoms. The Morgan fingerprint density at radius 3 is 2.59 bits per heavy atom. The van der Waals surface area contributed by atoms with Crippen molar-refractivity contribution < 1.29 is 33.4 Å². The molecule has 4 aromatic rings. The summed E-state index contributed by atoms with van der Waals surface area (Å²) in [6.45, 7) is 16.4. The predicted octanol–water partition coefficient (Wildman–Crippen LogP) is 5.13. The van der Waals surface area contributed by atoms with Crippen LogP contribution >= 0.6 is 0 Å². The van der Waals surface area contributed by atoms with Crippen molar-refractivity contribution in [3.8, 4) is 22.5 Å². The lowest BCUT2D eigenvalue weighted by Gasteiger charge is -2.62. The highest BCUT2D eigenvalue weighted by Gasteiger charge is 2.57. The summed E-state index contributed by atoms with van der Waals surface area (Å²) < 4.78 is 14.0. The molecule has 0 aliphatic carbocycles. The molecule has 7 heterocycles. The smallest absolute Gasteiger partial charge is 0.324 e. The van der Waals surface area contributed by atoms with E-state index in [2.05, 4.69) is 66.9 Å². The van der Waals surface area contributed by atoms with Crippen LogP contribution in [0, 0.1) is 11.3 Å². The standard InChI is InChI=1S/C50H63N9O7/c1-9-42(60)56-28-50(29-56)20-23-58(50)48(64)55(7)43(31(3)4)45(61)53-39-25-33-14-11-16-37(52-33)32-18-19-41-35(24-32)36(44(57(41)10-2)34-15-12-21-51-40(34)27-65-8)26-49(5,6)30-66-47(63)38-17-13-22-59(54-38)46(39)62/h9,11-12,14-16,18-19,21,24,31,38-39,43,54H,1,10,13,17,20,22-23,25-30H2,2-8H3,(H,53,61)/t38-,39-,43?/m0/s1. The van der Waals surface area contributed by atoms with E-state index < -0.39 is 46.9 Å². The fraction of sp³-hybridized carbons (Fsp3) is 0.500. The maximum Gasteiger partial charge on any atom is 0.324 e. The average molecular weight is 902 g/mol. The molecule has 66 heavy (non-hydrogen) atoms. The molecule has 6 bridgehead atoms. The van der Waals surface area contributed by atoms with Crippen LogP contribution in [0.25, 0.3) is 33.4 Å². The molecule has 3 atom stereocenters. The van der Waals surface area contributed by atoms with E-state index in [0.717, 1.165) is 45.4 Å². The molecule has 3 fully saturated rings. The highest BCUT2D eigenvalue weighted by atomic mass is 16.5. The van der Waals surface area contributed by atoms with Gasteiger partial charge >= 0.3 is 12.0 Å². The van der Waals surface area contributed by atoms with Gasteiger partial charge in [-0.15, -0.1) is 0 Å². The quantitative estimate of drug-likeness (QED) is 0.170. The van der Waals surface area contributed by atoms with Crippen molar-refractivity contribution in [3.63, 3.8) is 0 Å². The molecule has 3 saturated heterocycles. The Labute approximate surface area is 386 Å². The normalized spacial score (nSPS) is 20.8. The van der Waals surface area contributed by atoms with Gasteiger partial charge in [0.1, 0.15) is 18.1 Å². The van der Waals surface area contributed by atoms with E-state index in [-0.39, 0.29) is 30.9 Å². The number of carbonyl (C=O) groups excluding carboxylic acids is 5. The van der Waals surface area contributed by atoms with Crippen molar-refractivity contribution in [2.75, 3.05) is 46.9 Å². The van der Waals surface area contributed by atoms with Gasteiger partial charge in [0.2, 0.25) is 11.8 Å². The number of hydrazine groups is 1. The predicted molar refractivity (Wildman–Crippen MR) is 249 cm³/mol. The van der Waals surface area contributed by atoms with E-state index in [0.29, 0.717) is 70.0 Å². The highest BCUT2D eigenvalue weighted by molar-refractivity contribution is 5.96. The molecule has 16 heteroatoms. The van der Waals surface area contributed by atoms with Crippen molar-refractivity contribution in [2.45, 2.75) is 104 Å². The number of urea groups is 1. The summed E-state index contributed by atoms with van der Waals surface area (Å²) in [5, 5.41) is 5.49. The SMILES string of the molecule is C=CC(=O)N1CC2(CCN2C(=O)N(C)C(C(=O)N[C@H]2Cc3cccc(n3)-c3ccc4c(c3)c(c(-c3cccnc3COC)n4CC)CC(C)(C)COC(=O)[C@@H]3CCCN(N3)C2=O)C(C)C)C1. The fourth-order valence-electron chi connectivity index (χ4n) is 10.3. The number of likely N-dealkylation sites (N-methyl/N-ethyl adjacent to an activating group) is 1. The molecule has 0 radical (unpaired) electrons. The number of methoxy groups -OCH3 is 1. The average Bonchev–Trinajstić information content (AvgIpc) is 3.58. The minimum Gasteiger partial charge on any atom is -0.464 e. The van der Waals surface area contributed by atoms with Crippen LogP contribution in [-0.4, -0.2) is 135 Å². The Hall–Kier alpha value is -6.13. The van der Waals surface area contributed by atoms with Crippen molar-refractivity contribution in [1.29, 1.82) is 0 Å². The lowest BCUT2D eigenvalue weighted by molar-refractivity contribution is -0.155. The number of hydrogen-bond acceptors (Lipinski definition) is 10. The number of amides is 5. The van der Waals surface area contributed by atoms with Crippen LogP contribution in [0.2, 0.25) is 0 Å². The van der Waals surface area contributed by atoms with Gasteiger partial charge in [0.15, 0.2) is 0 Å². The molecular formula is C50H63N9O7. The Morgan fingerprint density at radius 1 is 1.11 bits per heavy atom. The summed E-state index contributed by atoms with van der Waals surface area (Å²) in [7, 11) is 3.28. The topological polar surface area (TPSA) is 172 Å². The third-order valence-electron chi connectivity index (χ3n) is 13.7. The molecule has 8 rings (SSSR count). The van der Waals surface area contributed by atoms with Gasteiger partial charge in [-0.3, -0.25) is 34.2 Å². The number of hydrogen-bond donors (Lipinski definition) is 2. The molecule has 0 saturated carbocycles. The first kappa shape index (κ1) is 46.4. The number of esters is 1. The summed E-state index contributed by atoms with van der Waals surface area (Å²) in [4.78, 5) is 84.2. The van der Waals surface area contributed by atoms with Gasteiger partial charge in [-0.05, 0) is 86.6 Å². The Kier molecular flexibility index (Phi) is 13.1. The van der Waals surface area contributed by atoms with Gasteiger partial charge in [0.05, 0.1) is 35.8 Å². The Bertz CT molecular complexity index is 2550. The number of rotatable bonds is 9. The second-order valence-corrected chi connectivity index (χ2v) is 19.4. The van der Waals surface area contributed by atoms with Crippen molar-refractivity contribution in [2.24, 2.45) is 11.3 Å². The number of cyclic esters (lactones) is 1. The number of pyridine rings is 2. The summed E-state index contributed by atoms with van der Waals surface area (Å²) >= 11 is 0. The van der Waals surface area contributed by atoms with Gasteiger partial charge < -0.3 is 34.1 Å². The van der Waals surface area contributed by atoms with Crippen LogP contribution in [0.5, 0.6) is 0 Å². The monoisotopic (exact) mass is 901 g/mol. The summed E-state index contributed by atoms with van der Waals surface area (Å²) in [6, 6.07) is 12.9. The fourth-order valence-corrected chi connectivity index (χ4v) is 10.3. The lowest BCUT2D eigenvalue weighted by Crippen LogP contribution is -2.79. The summed E-state index contributed by atoms with van der Waals surface area (Å²) in [5.41, 5.74) is 9.28. The molecule has 2 N–H and O–H groups in total. The van der Waals surface area contributed by atoms with Crippen molar-refractivity contribution in [3.05, 3.63) is 84.3 Å². The van der Waals surface area contributed by atoms with E-state index in [1.165, 1.54) is 16.0 Å². The number of fused-ring (bicyclic) bond motifs is 6. The highest BCUT2D eigenvalue weighted by Crippen LogP contribution is 2.42. The molecule has 5 amide bonds. The van der Waals surface area contributed by atoms with Gasteiger partial charge in [0, 0.05) is 92.6 Å². The van der Waals surface area contributed by atoms with Crippen molar-refractivity contribution in [1.82, 2.24) is 45.0 Å². The number of nitrogens with one attached hydrogen (secondary N) is 2. The third kappa shape index (κ3) is 8.80. The first-order valence-corrected chi connectivity index (χ1v) is 23.1.